The third kappa shape index (κ3) is 4.51. The van der Waals surface area contributed by atoms with Crippen molar-refractivity contribution < 1.29 is 19.0 Å². The van der Waals surface area contributed by atoms with E-state index in [1.165, 1.54) is 0 Å². The maximum atomic E-state index is 12.9. The summed E-state index contributed by atoms with van der Waals surface area (Å²) >= 11 is 0. The van der Waals surface area contributed by atoms with E-state index in [9.17, 15) is 4.79 Å². The van der Waals surface area contributed by atoms with Gasteiger partial charge in [-0.2, -0.15) is 0 Å². The maximum absolute atomic E-state index is 12.9. The molecule has 6 nitrogen and oxygen atoms in total. The number of rotatable bonds is 4. The number of hydrogen-bond acceptors (Lipinski definition) is 5. The second-order valence-electron chi connectivity index (χ2n) is 6.65. The van der Waals surface area contributed by atoms with Gasteiger partial charge in [0.2, 0.25) is 0 Å². The van der Waals surface area contributed by atoms with Crippen molar-refractivity contribution in [3.05, 3.63) is 29.3 Å². The van der Waals surface area contributed by atoms with Crippen molar-refractivity contribution in [2.24, 2.45) is 0 Å². The zero-order chi connectivity index (χ0) is 17.6. The normalized spacial score (nSPS) is 22.5. The number of methoxy groups -OCH3 is 1. The lowest BCUT2D eigenvalue weighted by molar-refractivity contribution is -0.0971. The zero-order valence-corrected chi connectivity index (χ0v) is 15.2. The highest BCUT2D eigenvalue weighted by Crippen LogP contribution is 2.22. The molecule has 0 aliphatic carbocycles. The summed E-state index contributed by atoms with van der Waals surface area (Å²) in [6, 6.07) is 5.65. The van der Waals surface area contributed by atoms with E-state index in [1.807, 2.05) is 30.0 Å². The first-order valence-electron chi connectivity index (χ1n) is 9.03. The molecule has 0 saturated carbocycles. The monoisotopic (exact) mass is 348 g/mol. The second-order valence-corrected chi connectivity index (χ2v) is 6.65. The Morgan fingerprint density at radius 2 is 2.12 bits per heavy atom. The van der Waals surface area contributed by atoms with Crippen molar-refractivity contribution in [2.45, 2.75) is 19.4 Å². The number of ether oxygens (including phenoxy) is 3. The van der Waals surface area contributed by atoms with Crippen molar-refractivity contribution >= 4 is 5.91 Å². The number of carbonyl (C=O) groups is 1. The smallest absolute Gasteiger partial charge is 0.254 e. The predicted molar refractivity (Wildman–Crippen MR) is 95.3 cm³/mol. The Balaban J connectivity index is 1.59. The predicted octanol–water partition coefficient (Wildman–Crippen LogP) is 1.57. The summed E-state index contributed by atoms with van der Waals surface area (Å²) in [5.41, 5.74) is 1.64. The van der Waals surface area contributed by atoms with Crippen LogP contribution in [0.4, 0.5) is 0 Å². The molecule has 1 aromatic carbocycles. The molecule has 3 rings (SSSR count). The Bertz CT molecular complexity index is 587. The summed E-state index contributed by atoms with van der Waals surface area (Å²) in [4.78, 5) is 17.3. The molecule has 1 unspecified atom stereocenters. The molecule has 0 bridgehead atoms. The van der Waals surface area contributed by atoms with E-state index in [0.29, 0.717) is 19.8 Å². The van der Waals surface area contributed by atoms with Gasteiger partial charge in [-0.05, 0) is 32.0 Å². The summed E-state index contributed by atoms with van der Waals surface area (Å²) in [5, 5.41) is 0. The minimum absolute atomic E-state index is 0.0931. The summed E-state index contributed by atoms with van der Waals surface area (Å²) in [5.74, 6) is 0.854. The number of amides is 1. The van der Waals surface area contributed by atoms with Gasteiger partial charge in [-0.15, -0.1) is 0 Å². The average Bonchev–Trinajstić information content (AvgIpc) is 2.88. The lowest BCUT2D eigenvalue weighted by atomic mass is 10.1. The van der Waals surface area contributed by atoms with Crippen molar-refractivity contribution in [1.82, 2.24) is 9.80 Å². The van der Waals surface area contributed by atoms with Crippen molar-refractivity contribution in [3.8, 4) is 5.75 Å². The molecule has 2 aliphatic heterocycles. The third-order valence-corrected chi connectivity index (χ3v) is 4.96. The average molecular weight is 348 g/mol. The summed E-state index contributed by atoms with van der Waals surface area (Å²) in [6.45, 7) is 8.24. The lowest BCUT2D eigenvalue weighted by Crippen LogP contribution is -2.42. The number of carbonyl (C=O) groups excluding carboxylic acids is 1. The fraction of sp³-hybridized carbons (Fsp3) is 0.632. The molecule has 138 valence electrons. The van der Waals surface area contributed by atoms with Gasteiger partial charge in [0.25, 0.3) is 5.91 Å². The standard InChI is InChI=1S/C19H28N2O4/c1-15-17(5-3-6-18(15)23-2)19(22)21-8-4-7-20(9-10-21)13-16-14-24-11-12-25-16/h3,5-6,16H,4,7-14H2,1-2H3. The molecule has 2 heterocycles. The van der Waals surface area contributed by atoms with Gasteiger partial charge in [-0.3, -0.25) is 9.69 Å². The van der Waals surface area contributed by atoms with E-state index in [4.69, 9.17) is 14.2 Å². The van der Waals surface area contributed by atoms with Gasteiger partial charge in [0.15, 0.2) is 0 Å². The van der Waals surface area contributed by atoms with E-state index < -0.39 is 0 Å². The SMILES string of the molecule is COc1cccc(C(=O)N2CCCN(CC3COCCO3)CC2)c1C. The quantitative estimate of drug-likeness (QED) is 0.827. The highest BCUT2D eigenvalue weighted by Gasteiger charge is 2.24. The highest BCUT2D eigenvalue weighted by atomic mass is 16.6. The van der Waals surface area contributed by atoms with E-state index in [0.717, 1.165) is 56.0 Å². The number of nitrogens with zero attached hydrogens (tertiary/aromatic N) is 2. The molecule has 1 aromatic rings. The minimum atomic E-state index is 0.0931. The fourth-order valence-electron chi connectivity index (χ4n) is 3.52. The molecular formula is C19H28N2O4. The topological polar surface area (TPSA) is 51.2 Å². The first-order valence-corrected chi connectivity index (χ1v) is 9.03. The molecule has 0 spiro atoms. The molecule has 2 saturated heterocycles. The van der Waals surface area contributed by atoms with Crippen LogP contribution in [-0.4, -0.2) is 81.5 Å². The Hall–Kier alpha value is -1.63. The van der Waals surface area contributed by atoms with Crippen LogP contribution in [0.15, 0.2) is 18.2 Å². The molecule has 0 N–H and O–H groups in total. The molecule has 1 atom stereocenters. The minimum Gasteiger partial charge on any atom is -0.496 e. The number of hydrogen-bond donors (Lipinski definition) is 0. The van der Waals surface area contributed by atoms with Crippen molar-refractivity contribution in [2.75, 3.05) is 59.7 Å². The van der Waals surface area contributed by atoms with E-state index in [1.54, 1.807) is 7.11 Å². The second kappa shape index (κ2) is 8.65. The van der Waals surface area contributed by atoms with Crippen LogP contribution in [0.5, 0.6) is 5.75 Å². The van der Waals surface area contributed by atoms with Gasteiger partial charge >= 0.3 is 0 Å². The largest absolute Gasteiger partial charge is 0.496 e. The van der Waals surface area contributed by atoms with E-state index in [2.05, 4.69) is 4.90 Å². The summed E-state index contributed by atoms with van der Waals surface area (Å²) in [6.07, 6.45) is 1.12. The Kier molecular flexibility index (Phi) is 6.29. The summed E-state index contributed by atoms with van der Waals surface area (Å²) in [7, 11) is 1.64. The first kappa shape index (κ1) is 18.2. The van der Waals surface area contributed by atoms with E-state index in [-0.39, 0.29) is 12.0 Å². The highest BCUT2D eigenvalue weighted by molar-refractivity contribution is 5.96. The first-order chi connectivity index (χ1) is 12.2. The maximum Gasteiger partial charge on any atom is 0.254 e. The van der Waals surface area contributed by atoms with Crippen molar-refractivity contribution in [3.63, 3.8) is 0 Å². The lowest BCUT2D eigenvalue weighted by Gasteiger charge is -2.29. The van der Waals surface area contributed by atoms with E-state index >= 15 is 0 Å². The molecule has 2 aliphatic rings. The molecular weight excluding hydrogens is 320 g/mol. The third-order valence-electron chi connectivity index (χ3n) is 4.96. The van der Waals surface area contributed by atoms with Crippen LogP contribution in [0.3, 0.4) is 0 Å². The summed E-state index contributed by atoms with van der Waals surface area (Å²) < 4.78 is 16.6. The van der Waals surface area contributed by atoms with Crippen molar-refractivity contribution in [1.29, 1.82) is 0 Å². The molecule has 25 heavy (non-hydrogen) atoms. The van der Waals surface area contributed by atoms with Gasteiger partial charge in [0.1, 0.15) is 5.75 Å². The molecule has 0 radical (unpaired) electrons. The van der Waals surface area contributed by atoms with Crippen LogP contribution in [0.1, 0.15) is 22.3 Å². The van der Waals surface area contributed by atoms with Crippen LogP contribution >= 0.6 is 0 Å². The Morgan fingerprint density at radius 1 is 1.24 bits per heavy atom. The molecule has 0 aromatic heterocycles. The van der Waals surface area contributed by atoms with Crippen LogP contribution in [0, 0.1) is 6.92 Å². The molecule has 6 heteroatoms. The van der Waals surface area contributed by atoms with Gasteiger partial charge in [0.05, 0.1) is 33.0 Å². The van der Waals surface area contributed by atoms with Crippen LogP contribution < -0.4 is 4.74 Å². The fourth-order valence-corrected chi connectivity index (χ4v) is 3.52. The van der Waals surface area contributed by atoms with Crippen LogP contribution in [0.2, 0.25) is 0 Å². The Morgan fingerprint density at radius 3 is 2.88 bits per heavy atom. The molecule has 2 fully saturated rings. The Labute approximate surface area is 149 Å². The van der Waals surface area contributed by atoms with Gasteiger partial charge in [-0.25, -0.2) is 0 Å². The van der Waals surface area contributed by atoms with Crippen LogP contribution in [-0.2, 0) is 9.47 Å². The number of benzene rings is 1. The van der Waals surface area contributed by atoms with Gasteiger partial charge in [-0.1, -0.05) is 6.07 Å². The van der Waals surface area contributed by atoms with Crippen LogP contribution in [0.25, 0.3) is 0 Å². The van der Waals surface area contributed by atoms with Gasteiger partial charge in [0, 0.05) is 37.3 Å². The zero-order valence-electron chi connectivity index (χ0n) is 15.2. The van der Waals surface area contributed by atoms with Gasteiger partial charge < -0.3 is 19.1 Å². The molecule has 1 amide bonds.